The SMILES string of the molecule is Cc1c(CNC(=O)c2cc(C(C)(C)C)nn2C)cccc1OC(F)(F)F. The second-order valence-corrected chi connectivity index (χ2v) is 7.06. The van der Waals surface area contributed by atoms with E-state index in [1.54, 1.807) is 19.2 Å². The van der Waals surface area contributed by atoms with Gasteiger partial charge in [0.15, 0.2) is 0 Å². The van der Waals surface area contributed by atoms with Gasteiger partial charge < -0.3 is 10.1 Å². The molecule has 0 aliphatic carbocycles. The Kier molecular flexibility index (Phi) is 5.34. The van der Waals surface area contributed by atoms with Crippen LogP contribution in [-0.4, -0.2) is 22.1 Å². The fraction of sp³-hybridized carbons (Fsp3) is 0.444. The van der Waals surface area contributed by atoms with Crippen LogP contribution in [0.4, 0.5) is 13.2 Å². The van der Waals surface area contributed by atoms with Crippen LogP contribution in [0.5, 0.6) is 5.75 Å². The van der Waals surface area contributed by atoms with Crippen LogP contribution in [-0.2, 0) is 19.0 Å². The average molecular weight is 369 g/mol. The van der Waals surface area contributed by atoms with Crippen molar-refractivity contribution in [2.45, 2.75) is 46.0 Å². The summed E-state index contributed by atoms with van der Waals surface area (Å²) in [6.45, 7) is 7.58. The van der Waals surface area contributed by atoms with Crippen molar-refractivity contribution in [3.8, 4) is 5.75 Å². The second kappa shape index (κ2) is 7.01. The van der Waals surface area contributed by atoms with Crippen molar-refractivity contribution in [1.82, 2.24) is 15.1 Å². The number of nitrogens with zero attached hydrogens (tertiary/aromatic N) is 2. The maximum absolute atomic E-state index is 12.4. The van der Waals surface area contributed by atoms with Gasteiger partial charge in [-0.2, -0.15) is 5.10 Å². The molecule has 0 unspecified atom stereocenters. The molecule has 1 amide bonds. The first kappa shape index (κ1) is 19.8. The number of hydrogen-bond donors (Lipinski definition) is 1. The highest BCUT2D eigenvalue weighted by molar-refractivity contribution is 5.92. The first-order chi connectivity index (χ1) is 11.9. The summed E-state index contributed by atoms with van der Waals surface area (Å²) in [5.74, 6) is -0.628. The maximum atomic E-state index is 12.4. The standard InChI is InChI=1S/C18H22F3N3O2/c1-11-12(7-6-8-14(11)26-18(19,20)21)10-22-16(25)13-9-15(17(2,3)4)23-24(13)5/h6-9H,10H2,1-5H3,(H,22,25). The molecule has 0 bridgehead atoms. The largest absolute Gasteiger partial charge is 0.573 e. The van der Waals surface area contributed by atoms with Gasteiger partial charge in [0.25, 0.3) is 5.91 Å². The van der Waals surface area contributed by atoms with Crippen molar-refractivity contribution < 1.29 is 22.7 Å². The van der Waals surface area contributed by atoms with Gasteiger partial charge in [-0.15, -0.1) is 13.2 Å². The molecule has 26 heavy (non-hydrogen) atoms. The van der Waals surface area contributed by atoms with Crippen LogP contribution in [0.2, 0.25) is 0 Å². The van der Waals surface area contributed by atoms with Gasteiger partial charge in [0.2, 0.25) is 0 Å². The number of ether oxygens (including phenoxy) is 1. The smallest absolute Gasteiger partial charge is 0.406 e. The number of amides is 1. The van der Waals surface area contributed by atoms with E-state index >= 15 is 0 Å². The van der Waals surface area contributed by atoms with Crippen molar-refractivity contribution in [2.24, 2.45) is 7.05 Å². The number of alkyl halides is 3. The summed E-state index contributed by atoms with van der Waals surface area (Å²) in [4.78, 5) is 12.4. The monoisotopic (exact) mass is 369 g/mol. The fourth-order valence-electron chi connectivity index (χ4n) is 2.40. The van der Waals surface area contributed by atoms with Crippen LogP contribution >= 0.6 is 0 Å². The zero-order chi connectivity index (χ0) is 19.7. The van der Waals surface area contributed by atoms with Gasteiger partial charge in [-0.3, -0.25) is 9.48 Å². The Morgan fingerprint density at radius 3 is 2.46 bits per heavy atom. The van der Waals surface area contributed by atoms with Crippen LogP contribution in [0.25, 0.3) is 0 Å². The molecule has 1 N–H and O–H groups in total. The molecule has 0 aliphatic rings. The van der Waals surface area contributed by atoms with Crippen molar-refractivity contribution in [3.63, 3.8) is 0 Å². The van der Waals surface area contributed by atoms with Crippen LogP contribution < -0.4 is 10.1 Å². The van der Waals surface area contributed by atoms with Crippen LogP contribution in [0, 0.1) is 6.92 Å². The number of halogens is 3. The molecule has 5 nitrogen and oxygen atoms in total. The maximum Gasteiger partial charge on any atom is 0.573 e. The van der Waals surface area contributed by atoms with Crippen LogP contribution in [0.15, 0.2) is 24.3 Å². The van der Waals surface area contributed by atoms with E-state index in [0.29, 0.717) is 16.8 Å². The third-order valence-electron chi connectivity index (χ3n) is 3.94. The van der Waals surface area contributed by atoms with Crippen LogP contribution in [0.3, 0.4) is 0 Å². The number of nitrogens with one attached hydrogen (secondary N) is 1. The van der Waals surface area contributed by atoms with E-state index in [0.717, 1.165) is 5.69 Å². The lowest BCUT2D eigenvalue weighted by atomic mass is 9.92. The minimum absolute atomic E-state index is 0.0791. The predicted octanol–water partition coefficient (Wildman–Crippen LogP) is 3.85. The Morgan fingerprint density at radius 2 is 1.92 bits per heavy atom. The first-order valence-electron chi connectivity index (χ1n) is 8.05. The number of carbonyl (C=O) groups is 1. The van der Waals surface area contributed by atoms with Gasteiger partial charge in [-0.05, 0) is 30.2 Å². The molecule has 0 spiro atoms. The molecule has 1 aromatic heterocycles. The third kappa shape index (κ3) is 4.77. The summed E-state index contributed by atoms with van der Waals surface area (Å²) < 4.78 is 42.8. The van der Waals surface area contributed by atoms with Gasteiger partial charge in [-0.1, -0.05) is 32.9 Å². The molecular formula is C18H22F3N3O2. The Hall–Kier alpha value is -2.51. The molecule has 142 valence electrons. The van der Waals surface area contributed by atoms with E-state index < -0.39 is 6.36 Å². The average Bonchev–Trinajstić information content (AvgIpc) is 2.89. The zero-order valence-corrected chi connectivity index (χ0v) is 15.4. The van der Waals surface area contributed by atoms with E-state index in [-0.39, 0.29) is 23.6 Å². The van der Waals surface area contributed by atoms with E-state index in [1.807, 2.05) is 20.8 Å². The van der Waals surface area contributed by atoms with E-state index in [2.05, 4.69) is 15.2 Å². The zero-order valence-electron chi connectivity index (χ0n) is 15.4. The molecule has 0 atom stereocenters. The van der Waals surface area contributed by atoms with Gasteiger partial charge in [0.1, 0.15) is 11.4 Å². The van der Waals surface area contributed by atoms with Crippen molar-refractivity contribution in [1.29, 1.82) is 0 Å². The molecule has 2 aromatic rings. The lowest BCUT2D eigenvalue weighted by molar-refractivity contribution is -0.274. The Morgan fingerprint density at radius 1 is 1.27 bits per heavy atom. The highest BCUT2D eigenvalue weighted by Crippen LogP contribution is 2.28. The van der Waals surface area contributed by atoms with Gasteiger partial charge in [0, 0.05) is 19.0 Å². The second-order valence-electron chi connectivity index (χ2n) is 7.06. The minimum Gasteiger partial charge on any atom is -0.406 e. The molecule has 0 fully saturated rings. The van der Waals surface area contributed by atoms with Crippen molar-refractivity contribution in [2.75, 3.05) is 0 Å². The van der Waals surface area contributed by atoms with Gasteiger partial charge >= 0.3 is 6.36 Å². The summed E-state index contributed by atoms with van der Waals surface area (Å²) in [6, 6.07) is 6.05. The molecule has 1 aromatic carbocycles. The Labute approximate surface area is 150 Å². The molecule has 0 saturated heterocycles. The third-order valence-corrected chi connectivity index (χ3v) is 3.94. The van der Waals surface area contributed by atoms with E-state index in [1.165, 1.54) is 23.7 Å². The van der Waals surface area contributed by atoms with E-state index in [9.17, 15) is 18.0 Å². The predicted molar refractivity (Wildman–Crippen MR) is 90.9 cm³/mol. The topological polar surface area (TPSA) is 56.2 Å². The van der Waals surface area contributed by atoms with Crippen molar-refractivity contribution in [3.05, 3.63) is 46.8 Å². The molecule has 0 saturated carbocycles. The summed E-state index contributed by atoms with van der Waals surface area (Å²) in [5, 5.41) is 7.06. The lowest BCUT2D eigenvalue weighted by Crippen LogP contribution is -2.25. The number of aryl methyl sites for hydroxylation is 1. The molecule has 0 aliphatic heterocycles. The number of aromatic nitrogens is 2. The Bertz CT molecular complexity index is 805. The highest BCUT2D eigenvalue weighted by atomic mass is 19.4. The number of hydrogen-bond acceptors (Lipinski definition) is 3. The summed E-state index contributed by atoms with van der Waals surface area (Å²) in [5.41, 5.74) is 1.83. The fourth-order valence-corrected chi connectivity index (χ4v) is 2.40. The Balaban J connectivity index is 2.13. The van der Waals surface area contributed by atoms with E-state index in [4.69, 9.17) is 0 Å². The number of carbonyl (C=O) groups excluding carboxylic acids is 1. The normalized spacial score (nSPS) is 12.2. The van der Waals surface area contributed by atoms with Crippen LogP contribution in [0.1, 0.15) is 48.1 Å². The first-order valence-corrected chi connectivity index (χ1v) is 8.05. The molecular weight excluding hydrogens is 347 g/mol. The number of benzene rings is 1. The summed E-state index contributed by atoms with van der Waals surface area (Å²) in [7, 11) is 1.67. The molecule has 0 radical (unpaired) electrons. The molecule has 8 heteroatoms. The molecule has 2 rings (SSSR count). The lowest BCUT2D eigenvalue weighted by Gasteiger charge is -2.14. The minimum atomic E-state index is -4.76. The molecule has 1 heterocycles. The summed E-state index contributed by atoms with van der Waals surface area (Å²) >= 11 is 0. The van der Waals surface area contributed by atoms with Gasteiger partial charge in [0.05, 0.1) is 5.69 Å². The number of rotatable bonds is 4. The quantitative estimate of drug-likeness (QED) is 0.891. The highest BCUT2D eigenvalue weighted by Gasteiger charge is 2.32. The summed E-state index contributed by atoms with van der Waals surface area (Å²) in [6.07, 6.45) is -4.76. The van der Waals surface area contributed by atoms with Crippen molar-refractivity contribution >= 4 is 5.91 Å². The van der Waals surface area contributed by atoms with Gasteiger partial charge in [-0.25, -0.2) is 0 Å².